The number of β-lactam (4-membered cyclic amide) rings is 1. The summed E-state index contributed by atoms with van der Waals surface area (Å²) in [5, 5.41) is 11.5. The smallest absolute Gasteiger partial charge is 0.282 e. The van der Waals surface area contributed by atoms with Crippen molar-refractivity contribution in [2.75, 3.05) is 18.8 Å². The minimum Gasteiger partial charge on any atom is -0.497 e. The maximum atomic E-state index is 13.5. The molecule has 0 N–H and O–H groups in total. The lowest BCUT2D eigenvalue weighted by Crippen LogP contribution is -2.67. The molecule has 0 bridgehead atoms. The standard InChI is InChI=1S/C25H17N3O8/c1-34-15-8-6-14(7-9-15)26-21(13-5-10-18-19(11-13)36-12-35-18)22(25(26)31)27-23(29)16-3-2-4-17(28(32)33)20(16)24(27)30/h2-11,21-22H,12H2,1H3/t21-,22-/m1/s1. The van der Waals surface area contributed by atoms with Crippen LogP contribution in [0.4, 0.5) is 11.4 Å². The molecule has 6 rings (SSSR count). The minimum absolute atomic E-state index is 0.0517. The summed E-state index contributed by atoms with van der Waals surface area (Å²) in [5.41, 5.74) is 0.238. The van der Waals surface area contributed by atoms with E-state index in [4.69, 9.17) is 14.2 Å². The third kappa shape index (κ3) is 2.95. The molecule has 3 heterocycles. The van der Waals surface area contributed by atoms with Gasteiger partial charge < -0.3 is 19.1 Å². The van der Waals surface area contributed by atoms with Gasteiger partial charge in [-0.05, 0) is 48.0 Å². The number of benzene rings is 3. The van der Waals surface area contributed by atoms with Crippen molar-refractivity contribution in [3.8, 4) is 17.2 Å². The number of methoxy groups -OCH3 is 1. The molecule has 0 aliphatic carbocycles. The molecule has 3 aromatic carbocycles. The van der Waals surface area contributed by atoms with Gasteiger partial charge in [0, 0.05) is 11.8 Å². The highest BCUT2D eigenvalue weighted by molar-refractivity contribution is 6.26. The van der Waals surface area contributed by atoms with Gasteiger partial charge in [-0.1, -0.05) is 12.1 Å². The Kier molecular flexibility index (Phi) is 4.68. The maximum absolute atomic E-state index is 13.5. The minimum atomic E-state index is -1.21. The molecular formula is C25H17N3O8. The first kappa shape index (κ1) is 21.6. The molecule has 11 heteroatoms. The van der Waals surface area contributed by atoms with Crippen molar-refractivity contribution in [3.63, 3.8) is 0 Å². The summed E-state index contributed by atoms with van der Waals surface area (Å²) in [7, 11) is 1.52. The van der Waals surface area contributed by atoms with Gasteiger partial charge in [0.1, 0.15) is 17.4 Å². The molecule has 3 amide bonds. The van der Waals surface area contributed by atoms with Crippen molar-refractivity contribution >= 4 is 29.1 Å². The van der Waals surface area contributed by atoms with Crippen molar-refractivity contribution in [2.24, 2.45) is 0 Å². The highest BCUT2D eigenvalue weighted by atomic mass is 16.7. The van der Waals surface area contributed by atoms with E-state index in [0.29, 0.717) is 28.5 Å². The molecule has 0 aromatic heterocycles. The zero-order chi connectivity index (χ0) is 25.1. The number of hydrogen-bond acceptors (Lipinski definition) is 8. The number of imide groups is 1. The first-order valence-corrected chi connectivity index (χ1v) is 10.9. The summed E-state index contributed by atoms with van der Waals surface area (Å²) in [4.78, 5) is 53.3. The first-order valence-electron chi connectivity index (χ1n) is 10.9. The molecule has 36 heavy (non-hydrogen) atoms. The molecule has 2 atom stereocenters. The predicted molar refractivity (Wildman–Crippen MR) is 123 cm³/mol. The van der Waals surface area contributed by atoms with Gasteiger partial charge in [0.25, 0.3) is 23.4 Å². The molecular weight excluding hydrogens is 470 g/mol. The van der Waals surface area contributed by atoms with Crippen LogP contribution in [0.5, 0.6) is 17.2 Å². The molecule has 1 saturated heterocycles. The third-order valence-corrected chi connectivity index (χ3v) is 6.56. The lowest BCUT2D eigenvalue weighted by molar-refractivity contribution is -0.385. The molecule has 0 spiro atoms. The van der Waals surface area contributed by atoms with E-state index in [9.17, 15) is 24.5 Å². The second-order valence-electron chi connectivity index (χ2n) is 8.35. The number of nitro benzene ring substituents is 1. The van der Waals surface area contributed by atoms with Crippen LogP contribution < -0.4 is 19.1 Å². The third-order valence-electron chi connectivity index (χ3n) is 6.56. The molecule has 1 fully saturated rings. The van der Waals surface area contributed by atoms with Crippen molar-refractivity contribution in [1.82, 2.24) is 4.90 Å². The van der Waals surface area contributed by atoms with E-state index < -0.39 is 40.4 Å². The van der Waals surface area contributed by atoms with Crippen LogP contribution >= 0.6 is 0 Å². The van der Waals surface area contributed by atoms with Crippen LogP contribution in [0.25, 0.3) is 0 Å². The van der Waals surface area contributed by atoms with Gasteiger partial charge in [0.05, 0.1) is 23.6 Å². The average molecular weight is 487 g/mol. The number of rotatable bonds is 5. The number of amides is 3. The van der Waals surface area contributed by atoms with Crippen molar-refractivity contribution in [1.29, 1.82) is 0 Å². The Labute approximate surface area is 203 Å². The van der Waals surface area contributed by atoms with Gasteiger partial charge in [-0.2, -0.15) is 0 Å². The summed E-state index contributed by atoms with van der Waals surface area (Å²) >= 11 is 0. The first-order chi connectivity index (χ1) is 17.4. The number of fused-ring (bicyclic) bond motifs is 2. The van der Waals surface area contributed by atoms with Crippen LogP contribution in [0.15, 0.2) is 60.7 Å². The highest BCUT2D eigenvalue weighted by Crippen LogP contribution is 2.47. The van der Waals surface area contributed by atoms with Crippen LogP contribution in [0.3, 0.4) is 0 Å². The fourth-order valence-corrected chi connectivity index (χ4v) is 4.87. The number of nitrogens with zero attached hydrogens (tertiary/aromatic N) is 3. The summed E-state index contributed by atoms with van der Waals surface area (Å²) in [6.45, 7) is 0.0517. The molecule has 0 saturated carbocycles. The fraction of sp³-hybridized carbons (Fsp3) is 0.160. The Balaban J connectivity index is 1.44. The molecule has 11 nitrogen and oxygen atoms in total. The van der Waals surface area contributed by atoms with Gasteiger partial charge in [0.15, 0.2) is 11.5 Å². The molecule has 180 valence electrons. The maximum Gasteiger partial charge on any atom is 0.282 e. The van der Waals surface area contributed by atoms with Gasteiger partial charge in [-0.3, -0.25) is 29.4 Å². The zero-order valence-electron chi connectivity index (χ0n) is 18.7. The Bertz CT molecular complexity index is 1470. The predicted octanol–water partition coefficient (Wildman–Crippen LogP) is 3.08. The monoisotopic (exact) mass is 487 g/mol. The van der Waals surface area contributed by atoms with Crippen LogP contribution in [0, 0.1) is 10.1 Å². The topological polar surface area (TPSA) is 129 Å². The summed E-state index contributed by atoms with van der Waals surface area (Å²) in [5.74, 6) is -0.528. The van der Waals surface area contributed by atoms with Gasteiger partial charge >= 0.3 is 0 Å². The van der Waals surface area contributed by atoms with E-state index in [-0.39, 0.29) is 17.9 Å². The Morgan fingerprint density at radius 2 is 1.67 bits per heavy atom. The molecule has 0 radical (unpaired) electrons. The number of nitro groups is 1. The van der Waals surface area contributed by atoms with Crippen LogP contribution in [-0.2, 0) is 4.79 Å². The zero-order valence-corrected chi connectivity index (χ0v) is 18.7. The molecule has 3 aliphatic heterocycles. The largest absolute Gasteiger partial charge is 0.497 e. The van der Waals surface area contributed by atoms with E-state index >= 15 is 0 Å². The summed E-state index contributed by atoms with van der Waals surface area (Å²) < 4.78 is 16.1. The van der Waals surface area contributed by atoms with Crippen molar-refractivity contribution in [2.45, 2.75) is 12.1 Å². The quantitative estimate of drug-likeness (QED) is 0.232. The average Bonchev–Trinajstić information content (AvgIpc) is 3.45. The second kappa shape index (κ2) is 7.80. The van der Waals surface area contributed by atoms with Gasteiger partial charge in [-0.15, -0.1) is 0 Å². The van der Waals surface area contributed by atoms with Crippen molar-refractivity contribution < 1.29 is 33.5 Å². The Morgan fingerprint density at radius 3 is 2.39 bits per heavy atom. The lowest BCUT2D eigenvalue weighted by atomic mass is 9.86. The Hall–Kier alpha value is -4.93. The molecule has 0 unspecified atom stereocenters. The number of anilines is 1. The molecule has 3 aliphatic rings. The van der Waals surface area contributed by atoms with E-state index in [1.54, 1.807) is 42.5 Å². The van der Waals surface area contributed by atoms with E-state index in [1.165, 1.54) is 24.1 Å². The van der Waals surface area contributed by atoms with Crippen LogP contribution in [0.1, 0.15) is 32.3 Å². The number of ether oxygens (including phenoxy) is 3. The number of carbonyl (C=O) groups is 3. The van der Waals surface area contributed by atoms with Gasteiger partial charge in [-0.25, -0.2) is 0 Å². The second-order valence-corrected chi connectivity index (χ2v) is 8.35. The normalized spacial score (nSPS) is 19.9. The summed E-state index contributed by atoms with van der Waals surface area (Å²) in [6.07, 6.45) is 0. The van der Waals surface area contributed by atoms with Crippen LogP contribution in [0.2, 0.25) is 0 Å². The van der Waals surface area contributed by atoms with E-state index in [2.05, 4.69) is 0 Å². The summed E-state index contributed by atoms with van der Waals surface area (Å²) in [6, 6.07) is 13.8. The SMILES string of the molecule is COc1ccc(N2C(=O)[C@H](N3C(=O)c4cccc([N+](=O)[O-])c4C3=O)[C@H]2c2ccc3c(c2)OCO3)cc1. The number of carbonyl (C=O) groups excluding carboxylic acids is 3. The van der Waals surface area contributed by atoms with E-state index in [0.717, 1.165) is 11.0 Å². The van der Waals surface area contributed by atoms with E-state index in [1.807, 2.05) is 0 Å². The highest BCUT2D eigenvalue weighted by Gasteiger charge is 2.58. The fourth-order valence-electron chi connectivity index (χ4n) is 4.87. The van der Waals surface area contributed by atoms with Crippen molar-refractivity contribution in [3.05, 3.63) is 87.5 Å². The van der Waals surface area contributed by atoms with Crippen LogP contribution in [-0.4, -0.2) is 47.5 Å². The lowest BCUT2D eigenvalue weighted by Gasteiger charge is -2.49. The van der Waals surface area contributed by atoms with Gasteiger partial charge in [0.2, 0.25) is 6.79 Å². The molecule has 3 aromatic rings. The number of hydrogen-bond donors (Lipinski definition) is 0. The Morgan fingerprint density at radius 1 is 0.917 bits per heavy atom.